The molecule has 0 bridgehead atoms. The van der Waals surface area contributed by atoms with E-state index in [1.165, 1.54) is 0 Å². The van der Waals surface area contributed by atoms with E-state index in [4.69, 9.17) is 0 Å². The predicted octanol–water partition coefficient (Wildman–Crippen LogP) is 1.13. The van der Waals surface area contributed by atoms with E-state index in [1.54, 1.807) is 48.5 Å². The highest BCUT2D eigenvalue weighted by atomic mass is 32.2. The molecule has 7 nitrogen and oxygen atoms in total. The largest absolute Gasteiger partial charge is 0.325 e. The first kappa shape index (κ1) is 16.9. The summed E-state index contributed by atoms with van der Waals surface area (Å²) in [4.78, 5) is 26.5. The quantitative estimate of drug-likeness (QED) is 0.635. The molecule has 0 radical (unpaired) electrons. The van der Waals surface area contributed by atoms with Crippen molar-refractivity contribution in [2.75, 3.05) is 0 Å². The van der Waals surface area contributed by atoms with Crippen LogP contribution in [-0.4, -0.2) is 18.4 Å². The molecule has 0 saturated carbocycles. The van der Waals surface area contributed by atoms with E-state index in [0.29, 0.717) is 0 Å². The van der Waals surface area contributed by atoms with Crippen molar-refractivity contribution in [2.24, 2.45) is 0 Å². The fourth-order valence-corrected chi connectivity index (χ4v) is 3.65. The van der Waals surface area contributed by atoms with E-state index < -0.39 is 32.2 Å². The maximum atomic E-state index is 12.7. The van der Waals surface area contributed by atoms with Gasteiger partial charge < -0.3 is 4.98 Å². The summed E-state index contributed by atoms with van der Waals surface area (Å²) in [6, 6.07) is 17.3. The minimum atomic E-state index is -4.17. The number of rotatable bonds is 5. The molecule has 0 saturated heterocycles. The molecule has 3 rings (SSSR count). The maximum absolute atomic E-state index is 12.7. The third-order valence-corrected chi connectivity index (χ3v) is 5.04. The van der Waals surface area contributed by atoms with Crippen LogP contribution in [0.3, 0.4) is 0 Å². The highest BCUT2D eigenvalue weighted by Gasteiger charge is 2.25. The van der Waals surface area contributed by atoms with Crippen LogP contribution in [0.25, 0.3) is 0 Å². The number of sulfonamides is 1. The molecule has 25 heavy (non-hydrogen) atoms. The molecule has 2 aromatic carbocycles. The molecule has 0 fully saturated rings. The molecule has 0 aliphatic rings. The lowest BCUT2D eigenvalue weighted by Crippen LogP contribution is -2.35. The van der Waals surface area contributed by atoms with Gasteiger partial charge in [0.15, 0.2) is 4.90 Å². The van der Waals surface area contributed by atoms with Crippen LogP contribution in [0.5, 0.6) is 0 Å². The zero-order valence-corrected chi connectivity index (χ0v) is 13.8. The Kier molecular flexibility index (Phi) is 4.64. The summed E-state index contributed by atoms with van der Waals surface area (Å²) in [7, 11) is -4.17. The van der Waals surface area contributed by atoms with Crippen LogP contribution in [-0.2, 0) is 10.0 Å². The molecule has 0 atom stereocenters. The molecular formula is C17H15N3O4S. The van der Waals surface area contributed by atoms with E-state index in [0.717, 1.165) is 17.3 Å². The normalized spacial score (nSPS) is 11.6. The van der Waals surface area contributed by atoms with Crippen LogP contribution in [0, 0.1) is 0 Å². The number of aromatic amines is 2. The molecule has 128 valence electrons. The number of hydrogen-bond acceptors (Lipinski definition) is 4. The van der Waals surface area contributed by atoms with Gasteiger partial charge >= 0.3 is 5.69 Å². The predicted molar refractivity (Wildman–Crippen MR) is 92.7 cm³/mol. The summed E-state index contributed by atoms with van der Waals surface area (Å²) < 4.78 is 27.9. The Bertz CT molecular complexity index is 1030. The van der Waals surface area contributed by atoms with Crippen LogP contribution < -0.4 is 16.0 Å². The van der Waals surface area contributed by atoms with Crippen LogP contribution in [0.2, 0.25) is 0 Å². The highest BCUT2D eigenvalue weighted by Crippen LogP contribution is 2.23. The first-order chi connectivity index (χ1) is 12.0. The van der Waals surface area contributed by atoms with E-state index in [9.17, 15) is 18.0 Å². The highest BCUT2D eigenvalue weighted by molar-refractivity contribution is 7.89. The standard InChI is InChI=1S/C17H15N3O4S/c21-16-14(11-18-17(22)19-16)25(23,24)20-15(12-7-3-1-4-8-12)13-9-5-2-6-10-13/h1-11,15,20H,(H2,18,19,21,22). The second-order valence-corrected chi connectivity index (χ2v) is 6.99. The molecule has 0 aliphatic heterocycles. The van der Waals surface area contributed by atoms with Gasteiger partial charge in [-0.1, -0.05) is 60.7 Å². The first-order valence-corrected chi connectivity index (χ1v) is 8.90. The fraction of sp³-hybridized carbons (Fsp3) is 0.0588. The monoisotopic (exact) mass is 357 g/mol. The van der Waals surface area contributed by atoms with Gasteiger partial charge in [-0.15, -0.1) is 0 Å². The molecule has 8 heteroatoms. The lowest BCUT2D eigenvalue weighted by molar-refractivity contribution is 0.570. The summed E-state index contributed by atoms with van der Waals surface area (Å²) in [6.07, 6.45) is 0.885. The lowest BCUT2D eigenvalue weighted by atomic mass is 10.00. The van der Waals surface area contributed by atoms with Crippen molar-refractivity contribution in [2.45, 2.75) is 10.9 Å². The maximum Gasteiger partial charge on any atom is 0.325 e. The topological polar surface area (TPSA) is 112 Å². The zero-order valence-electron chi connectivity index (χ0n) is 13.0. The average molecular weight is 357 g/mol. The summed E-state index contributed by atoms with van der Waals surface area (Å²) in [5.74, 6) is 0. The van der Waals surface area contributed by atoms with Gasteiger partial charge in [-0.3, -0.25) is 9.78 Å². The summed E-state index contributed by atoms with van der Waals surface area (Å²) in [5.41, 5.74) is -0.306. The van der Waals surface area contributed by atoms with Crippen molar-refractivity contribution in [1.82, 2.24) is 14.7 Å². The van der Waals surface area contributed by atoms with Crippen LogP contribution in [0.15, 0.2) is 81.3 Å². The smallest absolute Gasteiger partial charge is 0.313 e. The minimum Gasteiger partial charge on any atom is -0.313 e. The third kappa shape index (κ3) is 3.76. The van der Waals surface area contributed by atoms with Crippen molar-refractivity contribution in [3.8, 4) is 0 Å². The van der Waals surface area contributed by atoms with E-state index >= 15 is 0 Å². The van der Waals surface area contributed by atoms with E-state index in [-0.39, 0.29) is 0 Å². The molecule has 3 aromatic rings. The van der Waals surface area contributed by atoms with Crippen molar-refractivity contribution >= 4 is 10.0 Å². The number of H-pyrrole nitrogens is 2. The van der Waals surface area contributed by atoms with Gasteiger partial charge in [-0.05, 0) is 11.1 Å². The Morgan fingerprint density at radius 1 is 0.840 bits per heavy atom. The van der Waals surface area contributed by atoms with E-state index in [2.05, 4.69) is 9.71 Å². The Morgan fingerprint density at radius 2 is 1.36 bits per heavy atom. The van der Waals surface area contributed by atoms with Crippen LogP contribution >= 0.6 is 0 Å². The van der Waals surface area contributed by atoms with Crippen molar-refractivity contribution in [1.29, 1.82) is 0 Å². The Balaban J connectivity index is 2.06. The Morgan fingerprint density at radius 3 is 1.84 bits per heavy atom. The van der Waals surface area contributed by atoms with Gasteiger partial charge in [0.25, 0.3) is 5.56 Å². The first-order valence-electron chi connectivity index (χ1n) is 7.41. The second kappa shape index (κ2) is 6.88. The number of benzene rings is 2. The van der Waals surface area contributed by atoms with Gasteiger partial charge in [0, 0.05) is 6.20 Å². The van der Waals surface area contributed by atoms with Gasteiger partial charge in [0.1, 0.15) is 0 Å². The molecule has 3 N–H and O–H groups in total. The minimum absolute atomic E-state index is 0.552. The summed E-state index contributed by atoms with van der Waals surface area (Å²) in [6.45, 7) is 0. The van der Waals surface area contributed by atoms with Gasteiger partial charge in [-0.2, -0.15) is 4.72 Å². The number of aromatic nitrogens is 2. The van der Waals surface area contributed by atoms with Crippen LogP contribution in [0.4, 0.5) is 0 Å². The van der Waals surface area contributed by atoms with E-state index in [1.807, 2.05) is 17.1 Å². The molecule has 0 unspecified atom stereocenters. The van der Waals surface area contributed by atoms with Gasteiger partial charge in [0.05, 0.1) is 6.04 Å². The fourth-order valence-electron chi connectivity index (χ4n) is 2.44. The lowest BCUT2D eigenvalue weighted by Gasteiger charge is -2.19. The number of hydrogen-bond donors (Lipinski definition) is 3. The summed E-state index contributed by atoms with van der Waals surface area (Å²) in [5, 5.41) is 0. The Labute approximate surface area is 143 Å². The van der Waals surface area contributed by atoms with Gasteiger partial charge in [0.2, 0.25) is 10.0 Å². The molecule has 1 heterocycles. The molecule has 0 aliphatic carbocycles. The van der Waals surface area contributed by atoms with Crippen LogP contribution in [0.1, 0.15) is 17.2 Å². The third-order valence-electron chi connectivity index (χ3n) is 3.61. The molecule has 1 aromatic heterocycles. The SMILES string of the molecule is O=c1[nH]cc(S(=O)(=O)NC(c2ccccc2)c2ccccc2)c(=O)[nH]1. The summed E-state index contributed by atoms with van der Waals surface area (Å²) >= 11 is 0. The van der Waals surface area contributed by atoms with Gasteiger partial charge in [-0.25, -0.2) is 13.2 Å². The molecular weight excluding hydrogens is 342 g/mol. The average Bonchev–Trinajstić information content (AvgIpc) is 2.61. The second-order valence-electron chi connectivity index (χ2n) is 5.31. The van der Waals surface area contributed by atoms with Crippen molar-refractivity contribution < 1.29 is 8.42 Å². The van der Waals surface area contributed by atoms with Crippen molar-refractivity contribution in [3.05, 3.63) is 98.8 Å². The molecule has 0 amide bonds. The Hall–Kier alpha value is -2.97. The number of nitrogens with one attached hydrogen (secondary N) is 3. The van der Waals surface area contributed by atoms with Crippen molar-refractivity contribution in [3.63, 3.8) is 0 Å². The molecule has 0 spiro atoms. The zero-order chi connectivity index (χ0) is 17.9.